The molecule has 0 amide bonds. The Morgan fingerprint density at radius 1 is 1.47 bits per heavy atom. The number of thioether (sulfide) groups is 1. The van der Waals surface area contributed by atoms with E-state index in [4.69, 9.17) is 4.74 Å². The summed E-state index contributed by atoms with van der Waals surface area (Å²) in [4.78, 5) is 0. The van der Waals surface area contributed by atoms with Crippen LogP contribution < -0.4 is 10.1 Å². The quantitative estimate of drug-likeness (QED) is 0.811. The standard InChI is InChI=1S/C13H20FNOS/c1-4-17-9-11(15-2)8-10-6-5-7-12(16-3)13(10)14/h5-7,11,15H,4,8-9H2,1-3H3. The molecule has 0 aromatic heterocycles. The molecule has 4 heteroatoms. The molecule has 0 aliphatic rings. The van der Waals surface area contributed by atoms with Crippen LogP contribution in [0.4, 0.5) is 4.39 Å². The summed E-state index contributed by atoms with van der Waals surface area (Å²) in [6.07, 6.45) is 0.687. The van der Waals surface area contributed by atoms with E-state index in [0.717, 1.165) is 11.5 Å². The van der Waals surface area contributed by atoms with E-state index >= 15 is 0 Å². The highest BCUT2D eigenvalue weighted by Crippen LogP contribution is 2.21. The van der Waals surface area contributed by atoms with Crippen LogP contribution in [0.2, 0.25) is 0 Å². The summed E-state index contributed by atoms with van der Waals surface area (Å²) in [5, 5.41) is 3.22. The van der Waals surface area contributed by atoms with Crippen molar-refractivity contribution in [1.82, 2.24) is 5.32 Å². The second kappa shape index (κ2) is 7.56. The summed E-state index contributed by atoms with van der Waals surface area (Å²) in [6.45, 7) is 2.13. The van der Waals surface area contributed by atoms with Gasteiger partial charge in [-0.15, -0.1) is 0 Å². The van der Waals surface area contributed by atoms with Crippen LogP contribution in [0.15, 0.2) is 18.2 Å². The SMILES string of the molecule is CCSCC(Cc1cccc(OC)c1F)NC. The maximum Gasteiger partial charge on any atom is 0.168 e. The van der Waals surface area contributed by atoms with Crippen molar-refractivity contribution in [2.75, 3.05) is 25.7 Å². The van der Waals surface area contributed by atoms with Gasteiger partial charge in [0, 0.05) is 11.8 Å². The van der Waals surface area contributed by atoms with Crippen LogP contribution in [0, 0.1) is 5.82 Å². The molecule has 1 unspecified atom stereocenters. The first-order chi connectivity index (χ1) is 8.22. The molecule has 2 nitrogen and oxygen atoms in total. The Morgan fingerprint density at radius 2 is 2.24 bits per heavy atom. The fourth-order valence-corrected chi connectivity index (χ4v) is 2.45. The van der Waals surface area contributed by atoms with E-state index in [1.807, 2.05) is 30.9 Å². The zero-order valence-corrected chi connectivity index (χ0v) is 11.4. The lowest BCUT2D eigenvalue weighted by molar-refractivity contribution is 0.383. The Morgan fingerprint density at radius 3 is 2.82 bits per heavy atom. The number of rotatable bonds is 7. The van der Waals surface area contributed by atoms with Crippen molar-refractivity contribution in [2.45, 2.75) is 19.4 Å². The third-order valence-electron chi connectivity index (χ3n) is 2.66. The number of hydrogen-bond donors (Lipinski definition) is 1. The number of methoxy groups -OCH3 is 1. The second-order valence-electron chi connectivity index (χ2n) is 3.78. The molecule has 0 aliphatic heterocycles. The Bertz CT molecular complexity index is 346. The average molecular weight is 257 g/mol. The summed E-state index contributed by atoms with van der Waals surface area (Å²) < 4.78 is 18.9. The van der Waals surface area contributed by atoms with Gasteiger partial charge in [0.15, 0.2) is 11.6 Å². The van der Waals surface area contributed by atoms with Gasteiger partial charge in [-0.25, -0.2) is 4.39 Å². The Hall–Kier alpha value is -0.740. The van der Waals surface area contributed by atoms with Gasteiger partial charge >= 0.3 is 0 Å². The maximum absolute atomic E-state index is 13.9. The number of likely N-dealkylation sites (N-methyl/N-ethyl adjacent to an activating group) is 1. The van der Waals surface area contributed by atoms with Gasteiger partial charge in [-0.1, -0.05) is 19.1 Å². The molecule has 0 radical (unpaired) electrons. The second-order valence-corrected chi connectivity index (χ2v) is 5.10. The first kappa shape index (κ1) is 14.3. The van der Waals surface area contributed by atoms with Crippen molar-refractivity contribution in [3.8, 4) is 5.75 Å². The van der Waals surface area contributed by atoms with Crippen molar-refractivity contribution in [3.05, 3.63) is 29.6 Å². The van der Waals surface area contributed by atoms with Crippen LogP contribution >= 0.6 is 11.8 Å². The van der Waals surface area contributed by atoms with E-state index in [1.54, 1.807) is 6.07 Å². The van der Waals surface area contributed by atoms with Crippen molar-refractivity contribution in [3.63, 3.8) is 0 Å². The lowest BCUT2D eigenvalue weighted by Gasteiger charge is -2.16. The lowest BCUT2D eigenvalue weighted by Crippen LogP contribution is -2.30. The molecule has 1 aromatic carbocycles. The molecule has 0 bridgehead atoms. The molecule has 1 atom stereocenters. The molecule has 17 heavy (non-hydrogen) atoms. The molecule has 0 fully saturated rings. The van der Waals surface area contributed by atoms with E-state index in [9.17, 15) is 4.39 Å². The normalized spacial score (nSPS) is 12.5. The van der Waals surface area contributed by atoms with Gasteiger partial charge in [0.1, 0.15) is 0 Å². The van der Waals surface area contributed by atoms with Gasteiger partial charge in [-0.05, 0) is 30.9 Å². The van der Waals surface area contributed by atoms with E-state index in [0.29, 0.717) is 23.8 Å². The zero-order chi connectivity index (χ0) is 12.7. The third kappa shape index (κ3) is 4.21. The van der Waals surface area contributed by atoms with Gasteiger partial charge in [0.05, 0.1) is 7.11 Å². The smallest absolute Gasteiger partial charge is 0.168 e. The highest BCUT2D eigenvalue weighted by atomic mass is 32.2. The molecular formula is C13H20FNOS. The fraction of sp³-hybridized carbons (Fsp3) is 0.538. The van der Waals surface area contributed by atoms with Crippen molar-refractivity contribution in [2.24, 2.45) is 0 Å². The highest BCUT2D eigenvalue weighted by Gasteiger charge is 2.13. The molecule has 0 saturated carbocycles. The molecule has 0 heterocycles. The van der Waals surface area contributed by atoms with Crippen LogP contribution in [-0.4, -0.2) is 31.7 Å². The summed E-state index contributed by atoms with van der Waals surface area (Å²) in [7, 11) is 3.41. The molecular weight excluding hydrogens is 237 g/mol. The highest BCUT2D eigenvalue weighted by molar-refractivity contribution is 7.99. The number of ether oxygens (including phenoxy) is 1. The van der Waals surface area contributed by atoms with E-state index in [1.165, 1.54) is 7.11 Å². The van der Waals surface area contributed by atoms with Crippen molar-refractivity contribution < 1.29 is 9.13 Å². The minimum Gasteiger partial charge on any atom is -0.494 e. The predicted molar refractivity (Wildman–Crippen MR) is 72.5 cm³/mol. The molecule has 0 spiro atoms. The van der Waals surface area contributed by atoms with Gasteiger partial charge < -0.3 is 10.1 Å². The van der Waals surface area contributed by atoms with Crippen molar-refractivity contribution >= 4 is 11.8 Å². The van der Waals surface area contributed by atoms with Crippen LogP contribution in [-0.2, 0) is 6.42 Å². The zero-order valence-electron chi connectivity index (χ0n) is 10.6. The Balaban J connectivity index is 2.72. The molecule has 1 aromatic rings. The van der Waals surface area contributed by atoms with Gasteiger partial charge in [-0.3, -0.25) is 0 Å². The van der Waals surface area contributed by atoms with E-state index in [2.05, 4.69) is 12.2 Å². The summed E-state index contributed by atoms with van der Waals surface area (Å²) in [5.41, 5.74) is 0.709. The Labute approximate surface area is 107 Å². The lowest BCUT2D eigenvalue weighted by atomic mass is 10.1. The minimum atomic E-state index is -0.239. The maximum atomic E-state index is 13.9. The molecule has 96 valence electrons. The number of hydrogen-bond acceptors (Lipinski definition) is 3. The minimum absolute atomic E-state index is 0.239. The predicted octanol–water partition coefficient (Wildman–Crippen LogP) is 2.72. The molecule has 0 saturated heterocycles. The van der Waals surface area contributed by atoms with E-state index in [-0.39, 0.29) is 5.82 Å². The average Bonchev–Trinajstić information content (AvgIpc) is 2.36. The third-order valence-corrected chi connectivity index (χ3v) is 3.71. The van der Waals surface area contributed by atoms with Crippen LogP contribution in [0.25, 0.3) is 0 Å². The first-order valence-electron chi connectivity index (χ1n) is 5.79. The number of benzene rings is 1. The van der Waals surface area contributed by atoms with Crippen LogP contribution in [0.1, 0.15) is 12.5 Å². The molecule has 0 aliphatic carbocycles. The number of halogens is 1. The van der Waals surface area contributed by atoms with Gasteiger partial charge in [0.2, 0.25) is 0 Å². The summed E-state index contributed by atoms with van der Waals surface area (Å²) in [6, 6.07) is 5.59. The Kier molecular flexibility index (Phi) is 6.37. The largest absolute Gasteiger partial charge is 0.494 e. The van der Waals surface area contributed by atoms with Crippen LogP contribution in [0.5, 0.6) is 5.75 Å². The monoisotopic (exact) mass is 257 g/mol. The van der Waals surface area contributed by atoms with Gasteiger partial charge in [-0.2, -0.15) is 11.8 Å². The van der Waals surface area contributed by atoms with Crippen LogP contribution in [0.3, 0.4) is 0 Å². The van der Waals surface area contributed by atoms with Gasteiger partial charge in [0.25, 0.3) is 0 Å². The summed E-state index contributed by atoms with van der Waals surface area (Å²) in [5.74, 6) is 2.15. The fourth-order valence-electron chi connectivity index (χ4n) is 1.64. The molecule has 1 N–H and O–H groups in total. The molecule has 1 rings (SSSR count). The summed E-state index contributed by atoms with van der Waals surface area (Å²) >= 11 is 1.86. The van der Waals surface area contributed by atoms with E-state index < -0.39 is 0 Å². The number of nitrogens with one attached hydrogen (secondary N) is 1. The van der Waals surface area contributed by atoms with Crippen molar-refractivity contribution in [1.29, 1.82) is 0 Å². The first-order valence-corrected chi connectivity index (χ1v) is 6.94. The topological polar surface area (TPSA) is 21.3 Å².